The van der Waals surface area contributed by atoms with E-state index < -0.39 is 0 Å². The Bertz CT molecular complexity index is 1280. The van der Waals surface area contributed by atoms with Gasteiger partial charge in [0.15, 0.2) is 0 Å². The van der Waals surface area contributed by atoms with Crippen LogP contribution in [0, 0.1) is 0 Å². The number of hydrogen-bond donors (Lipinski definition) is 2. The van der Waals surface area contributed by atoms with Crippen molar-refractivity contribution in [2.45, 2.75) is 39.5 Å². The number of rotatable bonds is 7. The van der Waals surface area contributed by atoms with Gasteiger partial charge in [-0.1, -0.05) is 100 Å². The zero-order valence-corrected chi connectivity index (χ0v) is 21.2. The second kappa shape index (κ2) is 11.0. The monoisotopic (exact) mass is 476 g/mol. The Morgan fingerprint density at radius 2 is 0.833 bits per heavy atom. The van der Waals surface area contributed by atoms with Gasteiger partial charge in [0.1, 0.15) is 0 Å². The highest BCUT2D eigenvalue weighted by Crippen LogP contribution is 2.31. The lowest BCUT2D eigenvalue weighted by Crippen LogP contribution is -2.17. The van der Waals surface area contributed by atoms with Crippen LogP contribution in [0.15, 0.2) is 97.1 Å². The van der Waals surface area contributed by atoms with Crippen LogP contribution in [-0.4, -0.2) is 11.8 Å². The molecular weight excluding hydrogens is 444 g/mol. The predicted molar refractivity (Wildman–Crippen MR) is 149 cm³/mol. The Hall–Kier alpha value is -4.18. The third-order valence-electron chi connectivity index (χ3n) is 6.30. The van der Waals surface area contributed by atoms with E-state index in [2.05, 4.69) is 38.3 Å². The summed E-state index contributed by atoms with van der Waals surface area (Å²) >= 11 is 0. The van der Waals surface area contributed by atoms with E-state index in [0.29, 0.717) is 22.3 Å². The standard InChI is InChI=1S/C32H32N2O2/c1-21(2)23-13-9-11-19-29(23)33-31(35)27-17-7-5-15-25(27)26-16-6-8-18-28(26)32(36)34-30-20-12-10-14-24(30)22(3)4/h5-22H,1-4H3,(H,33,35)(H,34,36). The second-order valence-electron chi connectivity index (χ2n) is 9.48. The molecule has 4 nitrogen and oxygen atoms in total. The molecule has 4 heteroatoms. The molecule has 2 N–H and O–H groups in total. The molecule has 0 saturated carbocycles. The van der Waals surface area contributed by atoms with Gasteiger partial charge < -0.3 is 10.6 Å². The minimum Gasteiger partial charge on any atom is -0.322 e. The van der Waals surface area contributed by atoms with Crippen molar-refractivity contribution in [2.75, 3.05) is 10.6 Å². The first-order valence-electron chi connectivity index (χ1n) is 12.4. The molecule has 36 heavy (non-hydrogen) atoms. The summed E-state index contributed by atoms with van der Waals surface area (Å²) in [6, 6.07) is 30.5. The van der Waals surface area contributed by atoms with E-state index >= 15 is 0 Å². The minimum atomic E-state index is -0.209. The average Bonchev–Trinajstić information content (AvgIpc) is 2.89. The Kier molecular flexibility index (Phi) is 7.65. The van der Waals surface area contributed by atoms with Gasteiger partial charge in [-0.05, 0) is 58.4 Å². The number of anilines is 2. The summed E-state index contributed by atoms with van der Waals surface area (Å²) in [7, 11) is 0. The van der Waals surface area contributed by atoms with Gasteiger partial charge in [-0.2, -0.15) is 0 Å². The summed E-state index contributed by atoms with van der Waals surface area (Å²) in [4.78, 5) is 26.9. The fraction of sp³-hybridized carbons (Fsp3) is 0.188. The molecule has 0 radical (unpaired) electrons. The molecule has 0 unspecified atom stereocenters. The lowest BCUT2D eigenvalue weighted by atomic mass is 9.94. The number of benzene rings is 4. The van der Waals surface area contributed by atoms with E-state index in [-0.39, 0.29) is 23.7 Å². The first kappa shape index (κ1) is 24.9. The SMILES string of the molecule is CC(C)c1ccccc1NC(=O)c1ccccc1-c1ccccc1C(=O)Nc1ccccc1C(C)C. The Labute approximate surface area is 213 Å². The van der Waals surface area contributed by atoms with Gasteiger partial charge in [0.25, 0.3) is 11.8 Å². The fourth-order valence-corrected chi connectivity index (χ4v) is 4.44. The lowest BCUT2D eigenvalue weighted by molar-refractivity contribution is 0.101. The number of amides is 2. The largest absolute Gasteiger partial charge is 0.322 e. The van der Waals surface area contributed by atoms with Crippen LogP contribution in [0.25, 0.3) is 11.1 Å². The zero-order chi connectivity index (χ0) is 25.7. The summed E-state index contributed by atoms with van der Waals surface area (Å²) < 4.78 is 0. The van der Waals surface area contributed by atoms with Crippen LogP contribution >= 0.6 is 0 Å². The first-order chi connectivity index (χ1) is 17.4. The fourth-order valence-electron chi connectivity index (χ4n) is 4.44. The number of carbonyl (C=O) groups is 2. The van der Waals surface area contributed by atoms with E-state index in [9.17, 15) is 9.59 Å². The van der Waals surface area contributed by atoms with Gasteiger partial charge in [0.2, 0.25) is 0 Å². The van der Waals surface area contributed by atoms with Crippen molar-refractivity contribution in [2.24, 2.45) is 0 Å². The van der Waals surface area contributed by atoms with Crippen molar-refractivity contribution in [3.8, 4) is 11.1 Å². The maximum Gasteiger partial charge on any atom is 0.256 e. The number of carbonyl (C=O) groups excluding carboxylic acids is 2. The third-order valence-corrected chi connectivity index (χ3v) is 6.30. The second-order valence-corrected chi connectivity index (χ2v) is 9.48. The molecule has 0 atom stereocenters. The Balaban J connectivity index is 1.69. The molecule has 0 aromatic heterocycles. The van der Waals surface area contributed by atoms with Crippen molar-refractivity contribution < 1.29 is 9.59 Å². The third kappa shape index (κ3) is 5.38. The maximum absolute atomic E-state index is 13.5. The molecule has 4 aromatic carbocycles. The van der Waals surface area contributed by atoms with Crippen LogP contribution in [-0.2, 0) is 0 Å². The highest BCUT2D eigenvalue weighted by atomic mass is 16.2. The van der Waals surface area contributed by atoms with E-state index in [1.54, 1.807) is 12.1 Å². The van der Waals surface area contributed by atoms with E-state index in [4.69, 9.17) is 0 Å². The normalized spacial score (nSPS) is 10.9. The summed E-state index contributed by atoms with van der Waals surface area (Å²) in [5.41, 5.74) is 6.18. The van der Waals surface area contributed by atoms with Crippen LogP contribution in [0.1, 0.15) is 71.4 Å². The number of nitrogens with one attached hydrogen (secondary N) is 2. The minimum absolute atomic E-state index is 0.209. The van der Waals surface area contributed by atoms with Gasteiger partial charge in [-0.25, -0.2) is 0 Å². The molecule has 4 rings (SSSR count). The molecule has 0 bridgehead atoms. The van der Waals surface area contributed by atoms with Crippen molar-refractivity contribution in [1.82, 2.24) is 0 Å². The van der Waals surface area contributed by atoms with Crippen LogP contribution in [0.4, 0.5) is 11.4 Å². The molecule has 0 aliphatic rings. The van der Waals surface area contributed by atoms with Crippen LogP contribution in [0.2, 0.25) is 0 Å². The zero-order valence-electron chi connectivity index (χ0n) is 21.2. The highest BCUT2D eigenvalue weighted by molar-refractivity contribution is 6.13. The quantitative estimate of drug-likeness (QED) is 0.283. The van der Waals surface area contributed by atoms with Gasteiger partial charge >= 0.3 is 0 Å². The predicted octanol–water partition coefficient (Wildman–Crippen LogP) is 8.11. The number of para-hydroxylation sites is 2. The molecule has 4 aromatic rings. The molecule has 0 heterocycles. The van der Waals surface area contributed by atoms with E-state index in [1.165, 1.54) is 0 Å². The topological polar surface area (TPSA) is 58.2 Å². The van der Waals surface area contributed by atoms with Crippen molar-refractivity contribution in [3.05, 3.63) is 119 Å². The van der Waals surface area contributed by atoms with Crippen molar-refractivity contribution in [3.63, 3.8) is 0 Å². The maximum atomic E-state index is 13.5. The molecule has 0 aliphatic heterocycles. The molecule has 0 fully saturated rings. The first-order valence-corrected chi connectivity index (χ1v) is 12.4. The molecule has 0 aliphatic carbocycles. The van der Waals surface area contributed by atoms with Gasteiger partial charge in [0.05, 0.1) is 0 Å². The molecule has 2 amide bonds. The van der Waals surface area contributed by atoms with Crippen LogP contribution < -0.4 is 10.6 Å². The van der Waals surface area contributed by atoms with Crippen LogP contribution in [0.5, 0.6) is 0 Å². The van der Waals surface area contributed by atoms with Crippen LogP contribution in [0.3, 0.4) is 0 Å². The number of hydrogen-bond acceptors (Lipinski definition) is 2. The summed E-state index contributed by atoms with van der Waals surface area (Å²) in [6.07, 6.45) is 0. The summed E-state index contributed by atoms with van der Waals surface area (Å²) in [5, 5.41) is 6.17. The van der Waals surface area contributed by atoms with Gasteiger partial charge in [-0.15, -0.1) is 0 Å². The molecule has 182 valence electrons. The summed E-state index contributed by atoms with van der Waals surface area (Å²) in [5.74, 6) is 0.128. The van der Waals surface area contributed by atoms with Crippen molar-refractivity contribution >= 4 is 23.2 Å². The molecular formula is C32H32N2O2. The van der Waals surface area contributed by atoms with E-state index in [1.807, 2.05) is 84.9 Å². The average molecular weight is 477 g/mol. The van der Waals surface area contributed by atoms with Gasteiger partial charge in [0, 0.05) is 22.5 Å². The lowest BCUT2D eigenvalue weighted by Gasteiger charge is -2.17. The van der Waals surface area contributed by atoms with Crippen molar-refractivity contribution in [1.29, 1.82) is 0 Å². The molecule has 0 saturated heterocycles. The van der Waals surface area contributed by atoms with E-state index in [0.717, 1.165) is 22.5 Å². The molecule has 0 spiro atoms. The smallest absolute Gasteiger partial charge is 0.256 e. The van der Waals surface area contributed by atoms with Gasteiger partial charge in [-0.3, -0.25) is 9.59 Å². The summed E-state index contributed by atoms with van der Waals surface area (Å²) in [6.45, 7) is 8.41. The highest BCUT2D eigenvalue weighted by Gasteiger charge is 2.20. The Morgan fingerprint density at radius 3 is 1.22 bits per heavy atom. The Morgan fingerprint density at radius 1 is 0.500 bits per heavy atom.